The maximum atomic E-state index is 12.4. The Kier molecular flexibility index (Phi) is 4.87. The van der Waals surface area contributed by atoms with E-state index in [1.165, 1.54) is 16.2 Å². The second-order valence-electron chi connectivity index (χ2n) is 6.44. The van der Waals surface area contributed by atoms with Gasteiger partial charge in [-0.2, -0.15) is 0 Å². The van der Waals surface area contributed by atoms with Gasteiger partial charge in [-0.3, -0.25) is 4.90 Å². The number of carboxylic acids is 1. The lowest BCUT2D eigenvalue weighted by Crippen LogP contribution is -2.60. The molecule has 1 fully saturated rings. The Morgan fingerprint density at radius 1 is 1.45 bits per heavy atom. The van der Waals surface area contributed by atoms with Crippen LogP contribution in [0.2, 0.25) is 0 Å². The average molecular weight is 389 g/mol. The summed E-state index contributed by atoms with van der Waals surface area (Å²) in [7, 11) is 0. The topological polar surface area (TPSA) is 69.7 Å². The van der Waals surface area contributed by atoms with E-state index in [4.69, 9.17) is 4.74 Å². The molecule has 0 spiro atoms. The third kappa shape index (κ3) is 3.63. The zero-order valence-corrected chi connectivity index (χ0v) is 15.3. The van der Waals surface area contributed by atoms with Crippen LogP contribution >= 0.6 is 27.3 Å². The predicted molar refractivity (Wildman–Crippen MR) is 85.6 cm³/mol. The first-order chi connectivity index (χ1) is 10.1. The zero-order valence-electron chi connectivity index (χ0n) is 12.8. The molecule has 22 heavy (non-hydrogen) atoms. The van der Waals surface area contributed by atoms with Gasteiger partial charge in [0, 0.05) is 17.8 Å². The van der Waals surface area contributed by atoms with Crippen molar-refractivity contribution in [3.8, 4) is 0 Å². The highest BCUT2D eigenvalue weighted by Gasteiger charge is 2.46. The van der Waals surface area contributed by atoms with E-state index in [1.54, 1.807) is 20.8 Å². The molecule has 1 aromatic rings. The number of nitrogens with zero attached hydrogens (tertiary/aromatic N) is 1. The Labute approximate surface area is 142 Å². The maximum absolute atomic E-state index is 12.4. The minimum atomic E-state index is -1.33. The first-order valence-corrected chi connectivity index (χ1v) is 8.71. The van der Waals surface area contributed by atoms with Crippen molar-refractivity contribution in [2.45, 2.75) is 51.2 Å². The number of amides is 1. The predicted octanol–water partition coefficient (Wildman–Crippen LogP) is 2.57. The van der Waals surface area contributed by atoms with Gasteiger partial charge in [0.1, 0.15) is 5.60 Å². The van der Waals surface area contributed by atoms with Crippen LogP contribution in [0.1, 0.15) is 38.5 Å². The van der Waals surface area contributed by atoms with E-state index >= 15 is 0 Å². The first kappa shape index (κ1) is 17.3. The lowest BCUT2D eigenvalue weighted by molar-refractivity contribution is -0.317. The van der Waals surface area contributed by atoms with Crippen LogP contribution in [-0.2, 0) is 16.0 Å². The van der Waals surface area contributed by atoms with Crippen LogP contribution in [-0.4, -0.2) is 34.6 Å². The fourth-order valence-electron chi connectivity index (χ4n) is 2.66. The Morgan fingerprint density at radius 2 is 2.14 bits per heavy atom. The number of hydrogen-bond donors (Lipinski definition) is 0. The molecular formula is C15H19BrNO4S-. The average Bonchev–Trinajstić information content (AvgIpc) is 2.95. The van der Waals surface area contributed by atoms with Crippen LogP contribution in [0.25, 0.3) is 0 Å². The molecule has 0 radical (unpaired) electrons. The Bertz CT molecular complexity index is 580. The molecule has 0 unspecified atom stereocenters. The van der Waals surface area contributed by atoms with Crippen molar-refractivity contribution in [2.24, 2.45) is 0 Å². The van der Waals surface area contributed by atoms with Gasteiger partial charge in [0.15, 0.2) is 0 Å². The van der Waals surface area contributed by atoms with Crippen molar-refractivity contribution in [3.63, 3.8) is 0 Å². The van der Waals surface area contributed by atoms with Crippen molar-refractivity contribution in [2.75, 3.05) is 6.54 Å². The van der Waals surface area contributed by atoms with Gasteiger partial charge in [-0.25, -0.2) is 4.79 Å². The molecule has 2 heterocycles. The number of carbonyl (C=O) groups is 2. The number of aliphatic carboxylic acids is 1. The summed E-state index contributed by atoms with van der Waals surface area (Å²) < 4.78 is 6.29. The fraction of sp³-hybridized carbons (Fsp3) is 0.600. The number of ether oxygens (including phenoxy) is 1. The van der Waals surface area contributed by atoms with Crippen molar-refractivity contribution in [1.82, 2.24) is 4.90 Å². The molecule has 0 aromatic carbocycles. The minimum absolute atomic E-state index is 0.241. The molecule has 1 aliphatic heterocycles. The largest absolute Gasteiger partial charge is 0.548 e. The summed E-state index contributed by atoms with van der Waals surface area (Å²) in [6.45, 7) is 5.66. The highest BCUT2D eigenvalue weighted by Crippen LogP contribution is 2.36. The lowest BCUT2D eigenvalue weighted by atomic mass is 9.91. The summed E-state index contributed by atoms with van der Waals surface area (Å²) in [6.07, 6.45) is 0.652. The molecule has 122 valence electrons. The Balaban J connectivity index is 2.28. The molecule has 1 aliphatic rings. The molecule has 0 aliphatic carbocycles. The zero-order chi connectivity index (χ0) is 16.5. The molecule has 2 rings (SSSR count). The van der Waals surface area contributed by atoms with Crippen LogP contribution < -0.4 is 5.11 Å². The molecule has 0 N–H and O–H groups in total. The van der Waals surface area contributed by atoms with Crippen molar-refractivity contribution in [1.29, 1.82) is 0 Å². The van der Waals surface area contributed by atoms with Gasteiger partial charge in [0.05, 0.1) is 15.3 Å². The van der Waals surface area contributed by atoms with Crippen LogP contribution in [0.3, 0.4) is 0 Å². The molecule has 1 aromatic heterocycles. The van der Waals surface area contributed by atoms with Crippen LogP contribution in [0.5, 0.6) is 0 Å². The third-order valence-electron chi connectivity index (χ3n) is 3.58. The normalized spacial score (nSPS) is 21.9. The summed E-state index contributed by atoms with van der Waals surface area (Å²) in [5.41, 5.74) is -1.99. The van der Waals surface area contributed by atoms with Gasteiger partial charge >= 0.3 is 6.09 Å². The Hall–Kier alpha value is -1.08. The molecule has 1 saturated heterocycles. The van der Waals surface area contributed by atoms with Crippen molar-refractivity contribution < 1.29 is 19.4 Å². The van der Waals surface area contributed by atoms with Crippen molar-refractivity contribution >= 4 is 39.3 Å². The van der Waals surface area contributed by atoms with E-state index in [9.17, 15) is 14.7 Å². The van der Waals surface area contributed by atoms with E-state index in [0.29, 0.717) is 19.4 Å². The maximum Gasteiger partial charge on any atom is 0.411 e. The smallest absolute Gasteiger partial charge is 0.411 e. The number of likely N-dealkylation sites (tertiary alicyclic amines) is 1. The fourth-order valence-corrected chi connectivity index (χ4v) is 4.25. The summed E-state index contributed by atoms with van der Waals surface area (Å²) in [4.78, 5) is 26.4. The van der Waals surface area contributed by atoms with Gasteiger partial charge in [-0.15, -0.1) is 11.3 Å². The summed E-state index contributed by atoms with van der Waals surface area (Å²) in [5.74, 6) is -1.22. The van der Waals surface area contributed by atoms with Gasteiger partial charge in [-0.05, 0) is 61.7 Å². The summed E-state index contributed by atoms with van der Waals surface area (Å²) in [6, 6.07) is 3.74. The van der Waals surface area contributed by atoms with E-state index in [2.05, 4.69) is 15.9 Å². The standard InChI is InChI=1S/C15H20BrNO4S/c1-14(2,3)21-13(20)17-8-4-7-15(17,12(18)19)9-10-5-6-11(16)22-10/h5-6H,4,7-9H2,1-3H3,(H,18,19)/p-1/t15-/m1/s1. The first-order valence-electron chi connectivity index (χ1n) is 7.10. The van der Waals surface area contributed by atoms with Gasteiger partial charge < -0.3 is 14.6 Å². The molecule has 0 saturated carbocycles. The molecular weight excluding hydrogens is 370 g/mol. The third-order valence-corrected chi connectivity index (χ3v) is 5.20. The second kappa shape index (κ2) is 6.20. The Morgan fingerprint density at radius 3 is 2.64 bits per heavy atom. The van der Waals surface area contributed by atoms with Crippen molar-refractivity contribution in [3.05, 3.63) is 20.8 Å². The second-order valence-corrected chi connectivity index (χ2v) is 8.98. The number of carbonyl (C=O) groups excluding carboxylic acids is 2. The number of halogens is 1. The number of carboxylic acid groups (broad SMARTS) is 1. The lowest BCUT2D eigenvalue weighted by Gasteiger charge is -2.39. The van der Waals surface area contributed by atoms with Crippen LogP contribution in [0.4, 0.5) is 4.79 Å². The minimum Gasteiger partial charge on any atom is -0.548 e. The molecule has 1 amide bonds. The van der Waals surface area contributed by atoms with Gasteiger partial charge in [0.25, 0.3) is 0 Å². The summed E-state index contributed by atoms with van der Waals surface area (Å²) >= 11 is 4.83. The highest BCUT2D eigenvalue weighted by molar-refractivity contribution is 9.11. The molecule has 7 heteroatoms. The van der Waals surface area contributed by atoms with E-state index in [-0.39, 0.29) is 6.42 Å². The number of rotatable bonds is 3. The van der Waals surface area contributed by atoms with E-state index < -0.39 is 23.2 Å². The number of hydrogen-bond acceptors (Lipinski definition) is 5. The monoisotopic (exact) mass is 388 g/mol. The van der Waals surface area contributed by atoms with Crippen LogP contribution in [0, 0.1) is 0 Å². The SMILES string of the molecule is CC(C)(C)OC(=O)N1CCC[C@@]1(Cc1ccc(Br)s1)C(=O)[O-]. The van der Waals surface area contributed by atoms with Crippen LogP contribution in [0.15, 0.2) is 15.9 Å². The van der Waals surface area contributed by atoms with E-state index in [1.807, 2.05) is 12.1 Å². The molecule has 5 nitrogen and oxygen atoms in total. The van der Waals surface area contributed by atoms with Gasteiger partial charge in [0.2, 0.25) is 0 Å². The molecule has 1 atom stereocenters. The van der Waals surface area contributed by atoms with E-state index in [0.717, 1.165) is 8.66 Å². The van der Waals surface area contributed by atoms with Gasteiger partial charge in [-0.1, -0.05) is 0 Å². The highest BCUT2D eigenvalue weighted by atomic mass is 79.9. The quantitative estimate of drug-likeness (QED) is 0.797. The summed E-state index contributed by atoms with van der Waals surface area (Å²) in [5, 5.41) is 11.8. The molecule has 0 bridgehead atoms. The number of thiophene rings is 1.